The van der Waals surface area contributed by atoms with E-state index >= 15 is 0 Å². The first kappa shape index (κ1) is 27.5. The Kier molecular flexibility index (Phi) is 6.72. The van der Waals surface area contributed by atoms with E-state index in [9.17, 15) is 0 Å². The Morgan fingerprint density at radius 2 is 1.00 bits per heavy atom. The van der Waals surface area contributed by atoms with Crippen molar-refractivity contribution < 1.29 is 0 Å². The fourth-order valence-corrected chi connectivity index (χ4v) is 7.74. The number of rotatable bonds is 5. The van der Waals surface area contributed by atoms with E-state index in [0.717, 1.165) is 28.4 Å². The summed E-state index contributed by atoms with van der Waals surface area (Å²) in [6.07, 6.45) is -0.439. The highest BCUT2D eigenvalue weighted by Crippen LogP contribution is 2.42. The highest BCUT2D eigenvalue weighted by molar-refractivity contribution is 7.25. The zero-order valence-electron chi connectivity index (χ0n) is 25.5. The van der Waals surface area contributed by atoms with Crippen molar-refractivity contribution in [1.29, 1.82) is 0 Å². The predicted molar refractivity (Wildman–Crippen MR) is 200 cm³/mol. The van der Waals surface area contributed by atoms with Gasteiger partial charge in [-0.05, 0) is 57.3 Å². The van der Waals surface area contributed by atoms with Gasteiger partial charge in [-0.2, -0.15) is 0 Å². The van der Waals surface area contributed by atoms with Crippen LogP contribution in [-0.4, -0.2) is 11.7 Å². The lowest BCUT2D eigenvalue weighted by Gasteiger charge is -2.24. The molecular formula is C43H29N3S. The first-order valence-corrected chi connectivity index (χ1v) is 16.7. The third kappa shape index (κ3) is 5.09. The molecule has 9 rings (SSSR count). The van der Waals surface area contributed by atoms with Crippen LogP contribution in [-0.2, 0) is 0 Å². The van der Waals surface area contributed by atoms with Gasteiger partial charge in [0.2, 0.25) is 0 Å². The van der Waals surface area contributed by atoms with Crippen molar-refractivity contribution >= 4 is 54.0 Å². The molecule has 0 saturated heterocycles. The second kappa shape index (κ2) is 11.5. The maximum absolute atomic E-state index is 5.36. The highest BCUT2D eigenvalue weighted by atomic mass is 32.1. The molecule has 1 atom stereocenters. The van der Waals surface area contributed by atoms with Crippen LogP contribution in [0, 0.1) is 0 Å². The molecule has 0 radical (unpaired) electrons. The molecule has 3 nitrogen and oxygen atoms in total. The molecule has 222 valence electrons. The predicted octanol–water partition coefficient (Wildman–Crippen LogP) is 11.0. The van der Waals surface area contributed by atoms with E-state index in [0.29, 0.717) is 0 Å². The average molecular weight is 620 g/mol. The van der Waals surface area contributed by atoms with Gasteiger partial charge in [-0.1, -0.05) is 140 Å². The summed E-state index contributed by atoms with van der Waals surface area (Å²) in [4.78, 5) is 10.7. The normalized spacial score (nSPS) is 14.6. The van der Waals surface area contributed by atoms with E-state index in [-0.39, 0.29) is 0 Å². The number of amidine groups is 2. The summed E-state index contributed by atoms with van der Waals surface area (Å²) in [5.41, 5.74) is 7.88. The van der Waals surface area contributed by atoms with Crippen molar-refractivity contribution in [1.82, 2.24) is 5.32 Å². The van der Waals surface area contributed by atoms with Crippen molar-refractivity contribution in [3.05, 3.63) is 180 Å². The minimum Gasteiger partial charge on any atom is -0.324 e. The molecule has 0 bridgehead atoms. The Hall–Kier alpha value is -5.84. The Balaban J connectivity index is 1.24. The van der Waals surface area contributed by atoms with Crippen molar-refractivity contribution in [3.63, 3.8) is 0 Å². The van der Waals surface area contributed by atoms with E-state index in [1.165, 1.54) is 53.2 Å². The lowest BCUT2D eigenvalue weighted by molar-refractivity contribution is 0.763. The molecule has 0 spiro atoms. The van der Waals surface area contributed by atoms with Gasteiger partial charge in [-0.25, -0.2) is 9.98 Å². The van der Waals surface area contributed by atoms with Crippen molar-refractivity contribution in [3.8, 4) is 22.3 Å². The molecule has 1 aliphatic rings. The van der Waals surface area contributed by atoms with Crippen LogP contribution in [0.15, 0.2) is 174 Å². The number of hydrogen-bond donors (Lipinski definition) is 1. The van der Waals surface area contributed by atoms with Gasteiger partial charge in [0.1, 0.15) is 11.7 Å². The number of aliphatic imine (C=N–C) groups is 2. The maximum Gasteiger partial charge on any atom is 0.170 e. The second-order valence-corrected chi connectivity index (χ2v) is 12.9. The zero-order chi connectivity index (χ0) is 31.2. The fraction of sp³-hybridized carbons (Fsp3) is 0.0233. The van der Waals surface area contributed by atoms with Gasteiger partial charge in [0.15, 0.2) is 6.17 Å². The van der Waals surface area contributed by atoms with Crippen molar-refractivity contribution in [2.45, 2.75) is 6.17 Å². The molecule has 8 aromatic rings. The standard InChI is InChI=1S/C43H29N3S/c1-3-11-28(12-4-1)31-19-22-32(23-20-31)41-44-42(34-24-21-30-15-7-8-16-33(30)25-34)46-43(45-41)37-26-35(29-13-5-2-6-14-29)27-39-40(37)36-17-9-10-18-38(36)47-39/h1-27,43H,(H,44,45,46). The Morgan fingerprint density at radius 3 is 1.77 bits per heavy atom. The quantitative estimate of drug-likeness (QED) is 0.204. The van der Waals surface area contributed by atoms with Crippen molar-refractivity contribution in [2.75, 3.05) is 0 Å². The molecule has 0 saturated carbocycles. The summed E-state index contributed by atoms with van der Waals surface area (Å²) in [5, 5.41) is 8.49. The Morgan fingerprint density at radius 1 is 0.426 bits per heavy atom. The molecule has 47 heavy (non-hydrogen) atoms. The lowest BCUT2D eigenvalue weighted by atomic mass is 9.97. The topological polar surface area (TPSA) is 36.8 Å². The van der Waals surface area contributed by atoms with Crippen LogP contribution in [0.2, 0.25) is 0 Å². The van der Waals surface area contributed by atoms with Gasteiger partial charge in [0.25, 0.3) is 0 Å². The van der Waals surface area contributed by atoms with Gasteiger partial charge >= 0.3 is 0 Å². The number of nitrogens with zero attached hydrogens (tertiary/aromatic N) is 2. The monoisotopic (exact) mass is 619 g/mol. The van der Waals surface area contributed by atoms with E-state index in [2.05, 4.69) is 163 Å². The van der Waals surface area contributed by atoms with Crippen LogP contribution in [0.3, 0.4) is 0 Å². The first-order valence-electron chi connectivity index (χ1n) is 15.9. The summed E-state index contributed by atoms with van der Waals surface area (Å²) < 4.78 is 2.51. The lowest BCUT2D eigenvalue weighted by Crippen LogP contribution is -2.36. The Bertz CT molecular complexity index is 2480. The second-order valence-electron chi connectivity index (χ2n) is 11.9. The number of thiophene rings is 1. The number of hydrogen-bond acceptors (Lipinski definition) is 4. The molecular weight excluding hydrogens is 591 g/mol. The minimum absolute atomic E-state index is 0.439. The SMILES string of the molecule is c1ccc(-c2ccc(C3=NC(c4cc(-c5ccccc5)cc5sc6ccccc6c45)N=C(c4ccc5ccccc5c4)N3)cc2)cc1. The summed E-state index contributed by atoms with van der Waals surface area (Å²) in [6.45, 7) is 0. The number of benzene rings is 7. The van der Waals surface area contributed by atoms with Crippen molar-refractivity contribution in [2.24, 2.45) is 9.98 Å². The smallest absolute Gasteiger partial charge is 0.170 e. The minimum atomic E-state index is -0.439. The molecule has 1 unspecified atom stereocenters. The van der Waals surface area contributed by atoms with E-state index < -0.39 is 6.17 Å². The molecule has 4 heteroatoms. The fourth-order valence-electron chi connectivity index (χ4n) is 6.56. The van der Waals surface area contributed by atoms with Crippen LogP contribution in [0.5, 0.6) is 0 Å². The largest absolute Gasteiger partial charge is 0.324 e. The molecule has 7 aromatic carbocycles. The maximum atomic E-state index is 5.36. The summed E-state index contributed by atoms with van der Waals surface area (Å²) in [7, 11) is 0. The molecule has 2 heterocycles. The molecule has 0 fully saturated rings. The van der Waals surface area contributed by atoms with Crippen LogP contribution in [0.1, 0.15) is 22.9 Å². The number of fused-ring (bicyclic) bond motifs is 4. The first-order chi connectivity index (χ1) is 23.3. The van der Waals surface area contributed by atoms with Gasteiger partial charge in [0.05, 0.1) is 0 Å². The molecule has 1 N–H and O–H groups in total. The third-order valence-corrected chi connectivity index (χ3v) is 10.0. The van der Waals surface area contributed by atoms with E-state index in [4.69, 9.17) is 9.98 Å². The van der Waals surface area contributed by atoms with Gasteiger partial charge in [0, 0.05) is 36.9 Å². The molecule has 1 aromatic heterocycles. The van der Waals surface area contributed by atoms with Crippen LogP contribution < -0.4 is 5.32 Å². The van der Waals surface area contributed by atoms with Crippen LogP contribution in [0.25, 0.3) is 53.2 Å². The summed E-state index contributed by atoms with van der Waals surface area (Å²) in [5.74, 6) is 1.63. The average Bonchev–Trinajstić information content (AvgIpc) is 3.53. The third-order valence-electron chi connectivity index (χ3n) is 8.92. The molecule has 0 amide bonds. The zero-order valence-corrected chi connectivity index (χ0v) is 26.3. The van der Waals surface area contributed by atoms with E-state index in [1.54, 1.807) is 0 Å². The van der Waals surface area contributed by atoms with Gasteiger partial charge in [-0.15, -0.1) is 11.3 Å². The van der Waals surface area contributed by atoms with Crippen LogP contribution >= 0.6 is 11.3 Å². The molecule has 0 aliphatic carbocycles. The van der Waals surface area contributed by atoms with Gasteiger partial charge in [-0.3, -0.25) is 0 Å². The Labute approximate surface area is 277 Å². The summed E-state index contributed by atoms with van der Waals surface area (Å²) in [6, 6.07) is 58.0. The number of nitrogens with one attached hydrogen (secondary N) is 1. The highest BCUT2D eigenvalue weighted by Gasteiger charge is 2.25. The van der Waals surface area contributed by atoms with Crippen LogP contribution in [0.4, 0.5) is 0 Å². The summed E-state index contributed by atoms with van der Waals surface area (Å²) >= 11 is 1.83. The molecule has 1 aliphatic heterocycles. The van der Waals surface area contributed by atoms with E-state index in [1.807, 2.05) is 17.4 Å². The van der Waals surface area contributed by atoms with Gasteiger partial charge < -0.3 is 5.32 Å².